The molecule has 1 fully saturated rings. The Kier molecular flexibility index (Phi) is 6.20. The number of anilines is 2. The molecule has 0 aliphatic carbocycles. The molecular formula is C21H21N9O3S. The summed E-state index contributed by atoms with van der Waals surface area (Å²) in [6, 6.07) is 2.04. The summed E-state index contributed by atoms with van der Waals surface area (Å²) in [6.45, 7) is 3.35. The van der Waals surface area contributed by atoms with Crippen LogP contribution in [0.25, 0.3) is 21.6 Å². The third-order valence-corrected chi connectivity index (χ3v) is 6.38. The number of morpholine rings is 1. The number of nitrogens with zero attached hydrogens (tertiary/aromatic N) is 8. The highest BCUT2D eigenvalue weighted by molar-refractivity contribution is 7.19. The zero-order chi connectivity index (χ0) is 23.5. The number of hydrogen-bond donors (Lipinski definition) is 2. The second-order valence-electron chi connectivity index (χ2n) is 7.59. The number of carbonyl (C=O) groups is 1. The van der Waals surface area contributed by atoms with Crippen LogP contribution < -0.4 is 15.3 Å². The second kappa shape index (κ2) is 9.59. The van der Waals surface area contributed by atoms with Crippen LogP contribution in [0.1, 0.15) is 15.2 Å². The van der Waals surface area contributed by atoms with Gasteiger partial charge in [-0.2, -0.15) is 0 Å². The second-order valence-corrected chi connectivity index (χ2v) is 8.73. The molecular weight excluding hydrogens is 458 g/mol. The fraction of sp³-hybridized carbons (Fsp3) is 0.286. The molecule has 0 saturated carbocycles. The van der Waals surface area contributed by atoms with Crippen molar-refractivity contribution >= 4 is 39.2 Å². The summed E-state index contributed by atoms with van der Waals surface area (Å²) in [6.07, 6.45) is 7.62. The fourth-order valence-corrected chi connectivity index (χ4v) is 4.75. The number of amides is 1. The van der Waals surface area contributed by atoms with Crippen molar-refractivity contribution in [2.75, 3.05) is 43.2 Å². The molecule has 0 unspecified atom stereocenters. The third-order valence-electron chi connectivity index (χ3n) is 5.27. The highest BCUT2D eigenvalue weighted by Crippen LogP contribution is 2.35. The number of nitrogens with one attached hydrogen (secondary N) is 1. The Bertz CT molecular complexity index is 1290. The molecule has 2 N–H and O–H groups in total. The number of thiophene rings is 1. The number of aromatic nitrogens is 6. The van der Waals surface area contributed by atoms with E-state index >= 15 is 0 Å². The minimum absolute atomic E-state index is 0.171. The van der Waals surface area contributed by atoms with Gasteiger partial charge < -0.3 is 14.5 Å². The average Bonchev–Trinajstić information content (AvgIpc) is 3.31. The molecule has 34 heavy (non-hydrogen) atoms. The van der Waals surface area contributed by atoms with Crippen molar-refractivity contribution in [2.45, 2.75) is 6.54 Å². The molecule has 1 amide bonds. The van der Waals surface area contributed by atoms with Crippen LogP contribution in [-0.4, -0.2) is 74.4 Å². The first kappa shape index (κ1) is 22.0. The number of carbonyl (C=O) groups excluding carboxylic acids is 1. The monoisotopic (exact) mass is 479 g/mol. The average molecular weight is 480 g/mol. The summed E-state index contributed by atoms with van der Waals surface area (Å²) in [7, 11) is 1.87. The summed E-state index contributed by atoms with van der Waals surface area (Å²) in [5.41, 5.74) is 3.34. The third kappa shape index (κ3) is 4.48. The zero-order valence-corrected chi connectivity index (χ0v) is 19.1. The number of hydroxylamine groups is 1. The minimum atomic E-state index is -0.660. The summed E-state index contributed by atoms with van der Waals surface area (Å²) in [5.74, 6) is 1.25. The van der Waals surface area contributed by atoms with E-state index in [0.29, 0.717) is 31.5 Å². The van der Waals surface area contributed by atoms with Crippen LogP contribution in [0.4, 0.5) is 11.8 Å². The molecule has 5 rings (SSSR count). The molecule has 0 spiro atoms. The molecule has 0 aromatic carbocycles. The van der Waals surface area contributed by atoms with Gasteiger partial charge in [-0.3, -0.25) is 10.0 Å². The van der Waals surface area contributed by atoms with Crippen LogP contribution >= 0.6 is 11.3 Å². The van der Waals surface area contributed by atoms with Crippen LogP contribution in [0.5, 0.6) is 0 Å². The van der Waals surface area contributed by atoms with Crippen LogP contribution in [0.2, 0.25) is 0 Å². The van der Waals surface area contributed by atoms with Gasteiger partial charge in [0.1, 0.15) is 6.33 Å². The molecule has 1 aliphatic heterocycles. The Morgan fingerprint density at radius 2 is 1.91 bits per heavy atom. The van der Waals surface area contributed by atoms with Crippen LogP contribution in [-0.2, 0) is 11.3 Å². The van der Waals surface area contributed by atoms with Crippen molar-refractivity contribution in [3.63, 3.8) is 0 Å². The molecule has 4 aromatic heterocycles. The molecule has 174 valence electrons. The molecule has 1 aliphatic rings. The lowest BCUT2D eigenvalue weighted by Crippen LogP contribution is -2.36. The molecule has 4 aromatic rings. The Morgan fingerprint density at radius 1 is 1.18 bits per heavy atom. The smallest absolute Gasteiger partial charge is 0.277 e. The van der Waals surface area contributed by atoms with E-state index in [2.05, 4.69) is 24.8 Å². The van der Waals surface area contributed by atoms with Gasteiger partial charge in [0, 0.05) is 49.8 Å². The Labute approximate surface area is 198 Å². The standard InChI is InChI=1S/C21H21N9O3S/c1-29(21-24-9-14(10-25-21)20(31)28-32)11-15-6-16-17(34-15)19(30-2-4-33-5-3-30)27-18(26-16)13-7-22-12-23-8-13/h6-10,12,32H,2-5,11H2,1H3,(H,28,31). The van der Waals surface area contributed by atoms with E-state index < -0.39 is 5.91 Å². The van der Waals surface area contributed by atoms with Gasteiger partial charge in [0.15, 0.2) is 11.6 Å². The predicted molar refractivity (Wildman–Crippen MR) is 125 cm³/mol. The Hall–Kier alpha value is -3.81. The summed E-state index contributed by atoms with van der Waals surface area (Å²) in [4.78, 5) is 43.0. The Balaban J connectivity index is 1.47. The van der Waals surface area contributed by atoms with E-state index in [1.165, 1.54) is 18.7 Å². The summed E-state index contributed by atoms with van der Waals surface area (Å²) >= 11 is 1.62. The fourth-order valence-electron chi connectivity index (χ4n) is 3.58. The number of hydrogen-bond acceptors (Lipinski definition) is 12. The van der Waals surface area contributed by atoms with Gasteiger partial charge in [0.2, 0.25) is 5.95 Å². The number of fused-ring (bicyclic) bond motifs is 1. The molecule has 13 heteroatoms. The lowest BCUT2D eigenvalue weighted by Gasteiger charge is -2.28. The van der Waals surface area contributed by atoms with E-state index in [4.69, 9.17) is 19.9 Å². The SMILES string of the molecule is CN(Cc1cc2nc(-c3cncnc3)nc(N3CCOCC3)c2s1)c1ncc(C(=O)NO)cn1. The molecule has 0 atom stereocenters. The predicted octanol–water partition coefficient (Wildman–Crippen LogP) is 1.53. The zero-order valence-electron chi connectivity index (χ0n) is 18.2. The normalized spacial score (nSPS) is 13.8. The van der Waals surface area contributed by atoms with Crippen molar-refractivity contribution in [2.24, 2.45) is 0 Å². The van der Waals surface area contributed by atoms with E-state index in [1.807, 2.05) is 18.0 Å². The van der Waals surface area contributed by atoms with Gasteiger partial charge in [-0.25, -0.2) is 35.4 Å². The summed E-state index contributed by atoms with van der Waals surface area (Å²) < 4.78 is 6.53. The lowest BCUT2D eigenvalue weighted by molar-refractivity contribution is 0.0705. The highest BCUT2D eigenvalue weighted by Gasteiger charge is 2.21. The van der Waals surface area contributed by atoms with Crippen molar-refractivity contribution in [1.82, 2.24) is 35.4 Å². The van der Waals surface area contributed by atoms with Gasteiger partial charge in [-0.05, 0) is 6.07 Å². The first-order valence-corrected chi connectivity index (χ1v) is 11.3. The first-order valence-electron chi connectivity index (χ1n) is 10.5. The highest BCUT2D eigenvalue weighted by atomic mass is 32.1. The maximum Gasteiger partial charge on any atom is 0.277 e. The minimum Gasteiger partial charge on any atom is -0.378 e. The molecule has 0 bridgehead atoms. The quantitative estimate of drug-likeness (QED) is 0.307. The van der Waals surface area contributed by atoms with E-state index in [-0.39, 0.29) is 5.56 Å². The van der Waals surface area contributed by atoms with E-state index in [9.17, 15) is 4.79 Å². The molecule has 1 saturated heterocycles. The Morgan fingerprint density at radius 3 is 2.62 bits per heavy atom. The summed E-state index contributed by atoms with van der Waals surface area (Å²) in [5, 5.41) is 8.75. The van der Waals surface area contributed by atoms with Crippen LogP contribution in [0.3, 0.4) is 0 Å². The van der Waals surface area contributed by atoms with E-state index in [1.54, 1.807) is 29.2 Å². The van der Waals surface area contributed by atoms with E-state index in [0.717, 1.165) is 39.6 Å². The topological polar surface area (TPSA) is 142 Å². The number of rotatable bonds is 6. The van der Waals surface area contributed by atoms with Crippen LogP contribution in [0.15, 0.2) is 37.2 Å². The molecule has 5 heterocycles. The van der Waals surface area contributed by atoms with Gasteiger partial charge in [-0.1, -0.05) is 0 Å². The number of ether oxygens (including phenoxy) is 1. The van der Waals surface area contributed by atoms with Crippen molar-refractivity contribution in [3.05, 3.63) is 47.6 Å². The van der Waals surface area contributed by atoms with Gasteiger partial charge in [-0.15, -0.1) is 11.3 Å². The van der Waals surface area contributed by atoms with Gasteiger partial charge in [0.25, 0.3) is 5.91 Å². The first-order chi connectivity index (χ1) is 16.6. The largest absolute Gasteiger partial charge is 0.378 e. The lowest BCUT2D eigenvalue weighted by atomic mass is 10.3. The van der Waals surface area contributed by atoms with Crippen LogP contribution in [0, 0.1) is 0 Å². The maximum absolute atomic E-state index is 11.5. The van der Waals surface area contributed by atoms with Crippen molar-refractivity contribution < 1.29 is 14.7 Å². The van der Waals surface area contributed by atoms with Gasteiger partial charge in [0.05, 0.1) is 41.1 Å². The molecule has 0 radical (unpaired) electrons. The van der Waals surface area contributed by atoms with Crippen molar-refractivity contribution in [1.29, 1.82) is 0 Å². The van der Waals surface area contributed by atoms with Gasteiger partial charge >= 0.3 is 0 Å². The van der Waals surface area contributed by atoms with Crippen molar-refractivity contribution in [3.8, 4) is 11.4 Å². The molecule has 12 nitrogen and oxygen atoms in total. The maximum atomic E-state index is 11.5.